The van der Waals surface area contributed by atoms with E-state index in [9.17, 15) is 4.79 Å². The molecule has 0 spiro atoms. The summed E-state index contributed by atoms with van der Waals surface area (Å²) in [6.07, 6.45) is 0. The molecule has 0 atom stereocenters. The molecule has 1 N–H and O–H groups in total. The van der Waals surface area contributed by atoms with Gasteiger partial charge in [0.15, 0.2) is 11.5 Å². The van der Waals surface area contributed by atoms with Crippen molar-refractivity contribution in [3.05, 3.63) is 42.0 Å². The molecule has 3 rings (SSSR count). The molecule has 1 heterocycles. The number of ether oxygens (including phenoxy) is 4. The van der Waals surface area contributed by atoms with E-state index in [2.05, 4.69) is 21.2 Å². The molecule has 2 aromatic rings. The number of nitrogens with one attached hydrogen (secondary N) is 1. The lowest BCUT2D eigenvalue weighted by atomic mass is 10.1. The molecular formula is C23H31N3O5. The Morgan fingerprint density at radius 1 is 0.903 bits per heavy atom. The number of carbonyl (C=O) groups is 1. The molecule has 2 aromatic carbocycles. The Kier molecular flexibility index (Phi) is 7.83. The van der Waals surface area contributed by atoms with Gasteiger partial charge in [-0.1, -0.05) is 6.07 Å². The Labute approximate surface area is 183 Å². The van der Waals surface area contributed by atoms with Gasteiger partial charge in [-0.15, -0.1) is 0 Å². The number of amides is 1. The highest BCUT2D eigenvalue weighted by atomic mass is 16.5. The van der Waals surface area contributed by atoms with Crippen LogP contribution in [0, 0.1) is 0 Å². The van der Waals surface area contributed by atoms with Crippen LogP contribution in [0.2, 0.25) is 0 Å². The van der Waals surface area contributed by atoms with Crippen molar-refractivity contribution in [3.63, 3.8) is 0 Å². The Hall–Kier alpha value is -3.13. The lowest BCUT2D eigenvalue weighted by Crippen LogP contribution is -2.49. The molecule has 0 unspecified atom stereocenters. The topological polar surface area (TPSA) is 72.5 Å². The maximum Gasteiger partial charge on any atom is 0.234 e. The second-order valence-corrected chi connectivity index (χ2v) is 7.27. The highest BCUT2D eigenvalue weighted by Gasteiger charge is 2.20. The summed E-state index contributed by atoms with van der Waals surface area (Å²) in [7, 11) is 6.39. The third-order valence-electron chi connectivity index (χ3n) is 5.37. The average molecular weight is 430 g/mol. The van der Waals surface area contributed by atoms with E-state index in [-0.39, 0.29) is 5.91 Å². The average Bonchev–Trinajstić information content (AvgIpc) is 2.82. The first-order valence-electron chi connectivity index (χ1n) is 10.2. The van der Waals surface area contributed by atoms with Gasteiger partial charge in [0.2, 0.25) is 11.7 Å². The highest BCUT2D eigenvalue weighted by molar-refractivity contribution is 5.78. The molecule has 31 heavy (non-hydrogen) atoms. The predicted octanol–water partition coefficient (Wildman–Crippen LogP) is 2.16. The molecule has 0 bridgehead atoms. The highest BCUT2D eigenvalue weighted by Crippen LogP contribution is 2.38. The Morgan fingerprint density at radius 2 is 1.58 bits per heavy atom. The number of carbonyl (C=O) groups excluding carboxylic acids is 1. The van der Waals surface area contributed by atoms with Crippen LogP contribution in [0.15, 0.2) is 36.4 Å². The van der Waals surface area contributed by atoms with E-state index in [0.717, 1.165) is 43.2 Å². The Morgan fingerprint density at radius 3 is 2.16 bits per heavy atom. The number of benzene rings is 2. The van der Waals surface area contributed by atoms with Crippen molar-refractivity contribution in [1.29, 1.82) is 0 Å². The first-order chi connectivity index (χ1) is 15.1. The molecule has 1 aliphatic heterocycles. The van der Waals surface area contributed by atoms with Crippen LogP contribution in [0.5, 0.6) is 23.0 Å². The van der Waals surface area contributed by atoms with Crippen LogP contribution < -0.4 is 29.2 Å². The summed E-state index contributed by atoms with van der Waals surface area (Å²) >= 11 is 0. The van der Waals surface area contributed by atoms with Crippen molar-refractivity contribution in [2.45, 2.75) is 6.54 Å². The fraction of sp³-hybridized carbons (Fsp3) is 0.435. The number of piperazine rings is 1. The van der Waals surface area contributed by atoms with Gasteiger partial charge in [0, 0.05) is 44.5 Å². The predicted molar refractivity (Wildman–Crippen MR) is 120 cm³/mol. The molecule has 8 nitrogen and oxygen atoms in total. The summed E-state index contributed by atoms with van der Waals surface area (Å²) in [6.45, 7) is 4.15. The molecule has 1 aliphatic rings. The van der Waals surface area contributed by atoms with E-state index in [4.69, 9.17) is 18.9 Å². The summed E-state index contributed by atoms with van der Waals surface area (Å²) in [5, 5.41) is 2.98. The van der Waals surface area contributed by atoms with Gasteiger partial charge in [-0.05, 0) is 29.8 Å². The number of hydrogen-bond donors (Lipinski definition) is 1. The van der Waals surface area contributed by atoms with Gasteiger partial charge in [-0.25, -0.2) is 0 Å². The van der Waals surface area contributed by atoms with E-state index in [1.54, 1.807) is 28.4 Å². The SMILES string of the molecule is COc1cccc(N2CCN(CC(=O)NCc3cc(OC)c(OC)c(OC)c3)CC2)c1. The number of nitrogens with zero attached hydrogens (tertiary/aromatic N) is 2. The van der Waals surface area contributed by atoms with E-state index in [1.165, 1.54) is 0 Å². The van der Waals surface area contributed by atoms with Gasteiger partial charge in [0.1, 0.15) is 5.75 Å². The largest absolute Gasteiger partial charge is 0.497 e. The molecule has 0 aromatic heterocycles. The molecule has 0 radical (unpaired) electrons. The minimum atomic E-state index is -0.0106. The molecule has 0 saturated carbocycles. The summed E-state index contributed by atoms with van der Waals surface area (Å²) < 4.78 is 21.4. The van der Waals surface area contributed by atoms with Gasteiger partial charge in [0.05, 0.1) is 35.0 Å². The lowest BCUT2D eigenvalue weighted by Gasteiger charge is -2.35. The van der Waals surface area contributed by atoms with E-state index >= 15 is 0 Å². The zero-order valence-corrected chi connectivity index (χ0v) is 18.6. The van der Waals surface area contributed by atoms with Crippen LogP contribution in [0.4, 0.5) is 5.69 Å². The van der Waals surface area contributed by atoms with Crippen LogP contribution >= 0.6 is 0 Å². The van der Waals surface area contributed by atoms with Gasteiger partial charge in [-0.2, -0.15) is 0 Å². The molecular weight excluding hydrogens is 398 g/mol. The summed E-state index contributed by atoms with van der Waals surface area (Å²) in [6, 6.07) is 11.8. The van der Waals surface area contributed by atoms with Gasteiger partial charge in [-0.3, -0.25) is 9.69 Å². The minimum Gasteiger partial charge on any atom is -0.497 e. The van der Waals surface area contributed by atoms with E-state index in [0.29, 0.717) is 30.3 Å². The standard InChI is InChI=1S/C23H31N3O5/c1-28-19-7-5-6-18(14-19)26-10-8-25(9-11-26)16-22(27)24-15-17-12-20(29-2)23(31-4)21(13-17)30-3/h5-7,12-14H,8-11,15-16H2,1-4H3,(H,24,27). The molecule has 1 fully saturated rings. The second-order valence-electron chi connectivity index (χ2n) is 7.27. The second kappa shape index (κ2) is 10.8. The quantitative estimate of drug-likeness (QED) is 0.655. The van der Waals surface area contributed by atoms with Gasteiger partial charge in [0.25, 0.3) is 0 Å². The maximum absolute atomic E-state index is 12.5. The van der Waals surface area contributed by atoms with Crippen molar-refractivity contribution in [2.75, 3.05) is 66.1 Å². The molecule has 8 heteroatoms. The minimum absolute atomic E-state index is 0.0106. The van der Waals surface area contributed by atoms with Crippen LogP contribution in [-0.4, -0.2) is 72.0 Å². The van der Waals surface area contributed by atoms with Crippen molar-refractivity contribution in [2.24, 2.45) is 0 Å². The van der Waals surface area contributed by atoms with Crippen LogP contribution in [0.25, 0.3) is 0 Å². The van der Waals surface area contributed by atoms with Crippen LogP contribution in [0.1, 0.15) is 5.56 Å². The number of methoxy groups -OCH3 is 4. The van der Waals surface area contributed by atoms with E-state index < -0.39 is 0 Å². The first kappa shape index (κ1) is 22.6. The lowest BCUT2D eigenvalue weighted by molar-refractivity contribution is -0.122. The van der Waals surface area contributed by atoms with Crippen LogP contribution in [-0.2, 0) is 11.3 Å². The third kappa shape index (κ3) is 5.73. The third-order valence-corrected chi connectivity index (χ3v) is 5.37. The van der Waals surface area contributed by atoms with Gasteiger partial charge >= 0.3 is 0 Å². The van der Waals surface area contributed by atoms with Crippen LogP contribution in [0.3, 0.4) is 0 Å². The van der Waals surface area contributed by atoms with Crippen molar-refractivity contribution >= 4 is 11.6 Å². The Bertz CT molecular complexity index is 856. The number of hydrogen-bond acceptors (Lipinski definition) is 7. The fourth-order valence-corrected chi connectivity index (χ4v) is 3.67. The fourth-order valence-electron chi connectivity index (χ4n) is 3.67. The van der Waals surface area contributed by atoms with E-state index in [1.807, 2.05) is 30.3 Å². The van der Waals surface area contributed by atoms with Crippen molar-refractivity contribution < 1.29 is 23.7 Å². The summed E-state index contributed by atoms with van der Waals surface area (Å²) in [4.78, 5) is 17.0. The zero-order valence-electron chi connectivity index (χ0n) is 18.6. The van der Waals surface area contributed by atoms with Gasteiger partial charge < -0.3 is 29.2 Å². The zero-order chi connectivity index (χ0) is 22.2. The molecule has 168 valence electrons. The molecule has 0 aliphatic carbocycles. The van der Waals surface area contributed by atoms with Crippen molar-refractivity contribution in [3.8, 4) is 23.0 Å². The molecule has 1 amide bonds. The Balaban J connectivity index is 1.50. The summed E-state index contributed by atoms with van der Waals surface area (Å²) in [5.41, 5.74) is 2.02. The molecule has 1 saturated heterocycles. The first-order valence-corrected chi connectivity index (χ1v) is 10.2. The maximum atomic E-state index is 12.5. The normalized spacial score (nSPS) is 14.1. The van der Waals surface area contributed by atoms with Crippen molar-refractivity contribution in [1.82, 2.24) is 10.2 Å². The smallest absolute Gasteiger partial charge is 0.234 e. The number of rotatable bonds is 9. The monoisotopic (exact) mass is 429 g/mol. The number of anilines is 1. The summed E-state index contributed by atoms with van der Waals surface area (Å²) in [5.74, 6) is 2.52.